The highest BCUT2D eigenvalue weighted by atomic mass is 16.6. The Bertz CT molecular complexity index is 1540. The van der Waals surface area contributed by atoms with Crippen molar-refractivity contribution in [3.63, 3.8) is 0 Å². The van der Waals surface area contributed by atoms with E-state index >= 15 is 0 Å². The van der Waals surface area contributed by atoms with Crippen LogP contribution in [0.25, 0.3) is 0 Å². The van der Waals surface area contributed by atoms with Crippen molar-refractivity contribution >= 4 is 23.3 Å². The van der Waals surface area contributed by atoms with E-state index < -0.39 is 28.7 Å². The number of rotatable bonds is 10. The molecule has 4 atom stereocenters. The monoisotopic (exact) mass is 620 g/mol. The normalized spacial score (nSPS) is 22.9. The van der Waals surface area contributed by atoms with Crippen LogP contribution in [0, 0.1) is 16.0 Å². The van der Waals surface area contributed by atoms with Crippen molar-refractivity contribution in [3.8, 4) is 11.5 Å². The molecule has 1 fully saturated rings. The summed E-state index contributed by atoms with van der Waals surface area (Å²) in [7, 11) is 4.59. The van der Waals surface area contributed by atoms with Crippen LogP contribution < -0.4 is 14.8 Å². The Morgan fingerprint density at radius 1 is 1.11 bits per heavy atom. The smallest absolute Gasteiger partial charge is 0.336 e. The van der Waals surface area contributed by atoms with E-state index in [1.807, 2.05) is 6.07 Å². The van der Waals surface area contributed by atoms with Gasteiger partial charge in [-0.05, 0) is 50.3 Å². The van der Waals surface area contributed by atoms with Crippen molar-refractivity contribution in [1.82, 2.24) is 10.2 Å². The molecule has 2 aromatic rings. The second-order valence-corrected chi connectivity index (χ2v) is 11.6. The molecule has 1 N–H and O–H groups in total. The van der Waals surface area contributed by atoms with Crippen LogP contribution in [0.2, 0.25) is 0 Å². The van der Waals surface area contributed by atoms with Gasteiger partial charge in [0.05, 0.1) is 31.8 Å². The highest BCUT2D eigenvalue weighted by Gasteiger charge is 2.43. The van der Waals surface area contributed by atoms with Crippen LogP contribution in [0.3, 0.4) is 0 Å². The van der Waals surface area contributed by atoms with Crippen LogP contribution in [0.4, 0.5) is 5.69 Å². The van der Waals surface area contributed by atoms with Crippen molar-refractivity contribution in [2.75, 3.05) is 47.6 Å². The van der Waals surface area contributed by atoms with Gasteiger partial charge < -0.3 is 24.3 Å². The van der Waals surface area contributed by atoms with E-state index in [-0.39, 0.29) is 30.0 Å². The van der Waals surface area contributed by atoms with Crippen LogP contribution in [-0.2, 0) is 25.5 Å². The van der Waals surface area contributed by atoms with Crippen LogP contribution in [-0.4, -0.2) is 81.1 Å². The summed E-state index contributed by atoms with van der Waals surface area (Å²) in [6.07, 6.45) is 2.79. The minimum Gasteiger partial charge on any atom is -0.493 e. The van der Waals surface area contributed by atoms with Gasteiger partial charge >= 0.3 is 11.9 Å². The van der Waals surface area contributed by atoms with Gasteiger partial charge in [0.25, 0.3) is 5.69 Å². The van der Waals surface area contributed by atoms with Crippen molar-refractivity contribution in [2.24, 2.45) is 10.9 Å². The van der Waals surface area contributed by atoms with E-state index in [9.17, 15) is 19.7 Å². The first-order valence-electron chi connectivity index (χ1n) is 15.1. The van der Waals surface area contributed by atoms with Gasteiger partial charge in [0.1, 0.15) is 12.5 Å². The first-order valence-corrected chi connectivity index (χ1v) is 15.1. The Hall–Kier alpha value is -4.29. The van der Waals surface area contributed by atoms with Gasteiger partial charge in [0, 0.05) is 66.7 Å². The van der Waals surface area contributed by atoms with E-state index in [0.29, 0.717) is 23.5 Å². The van der Waals surface area contributed by atoms with Crippen LogP contribution in [0.1, 0.15) is 55.3 Å². The van der Waals surface area contributed by atoms with E-state index in [0.717, 1.165) is 43.9 Å². The largest absolute Gasteiger partial charge is 0.493 e. The zero-order valence-corrected chi connectivity index (χ0v) is 26.3. The molecule has 0 bridgehead atoms. The summed E-state index contributed by atoms with van der Waals surface area (Å²) in [5.41, 5.74) is 3.80. The Morgan fingerprint density at radius 2 is 1.91 bits per heavy atom. The first kappa shape index (κ1) is 32.1. The van der Waals surface area contributed by atoms with E-state index in [4.69, 9.17) is 18.9 Å². The van der Waals surface area contributed by atoms with Gasteiger partial charge in [-0.15, -0.1) is 0 Å². The Balaban J connectivity index is 1.27. The van der Waals surface area contributed by atoms with Gasteiger partial charge in [-0.3, -0.25) is 24.8 Å². The highest BCUT2D eigenvalue weighted by molar-refractivity contribution is 6.07. The summed E-state index contributed by atoms with van der Waals surface area (Å²) in [5.74, 6) is -1.43. The third-order valence-corrected chi connectivity index (χ3v) is 9.12. The molecule has 3 aliphatic rings. The number of aliphatic imine (C=N–C) groups is 1. The molecule has 4 unspecified atom stereocenters. The number of methoxy groups -OCH3 is 3. The summed E-state index contributed by atoms with van der Waals surface area (Å²) in [5, 5.41) is 15.1. The molecule has 2 aromatic carbocycles. The number of hydrogen-bond acceptors (Lipinski definition) is 11. The summed E-state index contributed by atoms with van der Waals surface area (Å²) in [6, 6.07) is 10.5. The number of nitro groups is 1. The fourth-order valence-electron chi connectivity index (χ4n) is 7.03. The molecule has 3 heterocycles. The zero-order valence-electron chi connectivity index (χ0n) is 26.3. The lowest BCUT2D eigenvalue weighted by molar-refractivity contribution is -0.384. The Morgan fingerprint density at radius 3 is 2.62 bits per heavy atom. The van der Waals surface area contributed by atoms with Crippen molar-refractivity contribution < 1.29 is 33.5 Å². The Kier molecular flexibility index (Phi) is 9.83. The Labute approximate surface area is 262 Å². The average molecular weight is 621 g/mol. The lowest BCUT2D eigenvalue weighted by Crippen LogP contribution is -2.47. The molecule has 0 aliphatic carbocycles. The number of nitro benzene ring substituents is 1. The number of non-ortho nitro benzene ring substituents is 1. The van der Waals surface area contributed by atoms with Gasteiger partial charge in [-0.1, -0.05) is 18.2 Å². The quantitative estimate of drug-likeness (QED) is 0.178. The second-order valence-electron chi connectivity index (χ2n) is 11.6. The minimum atomic E-state index is -0.927. The van der Waals surface area contributed by atoms with Gasteiger partial charge in [-0.25, -0.2) is 4.79 Å². The molecule has 12 heteroatoms. The fourth-order valence-corrected chi connectivity index (χ4v) is 7.03. The number of esters is 2. The minimum absolute atomic E-state index is 0.106. The number of nitrogens with zero attached hydrogens (tertiary/aromatic N) is 3. The molecule has 0 radical (unpaired) electrons. The lowest BCUT2D eigenvalue weighted by atomic mass is 9.75. The summed E-state index contributed by atoms with van der Waals surface area (Å²) < 4.78 is 22.0. The van der Waals surface area contributed by atoms with Crippen molar-refractivity contribution in [2.45, 2.75) is 51.1 Å². The van der Waals surface area contributed by atoms with E-state index in [2.05, 4.69) is 21.3 Å². The maximum absolute atomic E-state index is 13.6. The number of carbonyl (C=O) groups is 2. The fraction of sp³-hybridized carbons (Fsp3) is 0.485. The molecule has 0 spiro atoms. The van der Waals surface area contributed by atoms with E-state index in [1.165, 1.54) is 36.4 Å². The molecular formula is C33H40N4O8. The van der Waals surface area contributed by atoms with E-state index in [1.54, 1.807) is 34.1 Å². The number of fused-ring (bicyclic) bond motifs is 3. The van der Waals surface area contributed by atoms with Crippen LogP contribution in [0.15, 0.2) is 52.7 Å². The van der Waals surface area contributed by atoms with Crippen molar-refractivity contribution in [3.05, 3.63) is 74.5 Å². The summed E-state index contributed by atoms with van der Waals surface area (Å²) in [6.45, 7) is 5.83. The number of nitrogens with one attached hydrogen (secondary N) is 1. The number of piperidine rings is 1. The van der Waals surface area contributed by atoms with Crippen molar-refractivity contribution in [1.29, 1.82) is 0 Å². The molecule has 5 rings (SSSR count). The van der Waals surface area contributed by atoms with Gasteiger partial charge in [-0.2, -0.15) is 0 Å². The number of benzene rings is 2. The maximum atomic E-state index is 13.6. The molecule has 0 amide bonds. The predicted octanol–water partition coefficient (Wildman–Crippen LogP) is 4.13. The van der Waals surface area contributed by atoms with Gasteiger partial charge in [0.2, 0.25) is 0 Å². The molecule has 0 saturated carbocycles. The molecule has 45 heavy (non-hydrogen) atoms. The second kappa shape index (κ2) is 13.8. The molecule has 0 aromatic heterocycles. The van der Waals surface area contributed by atoms with Gasteiger partial charge in [0.15, 0.2) is 11.5 Å². The first-order chi connectivity index (χ1) is 21.7. The molecule has 240 valence electrons. The topological polar surface area (TPSA) is 142 Å². The lowest BCUT2D eigenvalue weighted by Gasteiger charge is -2.44. The molecular weight excluding hydrogens is 580 g/mol. The van der Waals surface area contributed by atoms with Crippen LogP contribution in [0.5, 0.6) is 11.5 Å². The zero-order chi connectivity index (χ0) is 32.2. The summed E-state index contributed by atoms with van der Waals surface area (Å²) in [4.78, 5) is 44.5. The third-order valence-electron chi connectivity index (χ3n) is 9.12. The number of allylic oxidation sites excluding steroid dienone is 1. The average Bonchev–Trinajstić information content (AvgIpc) is 3.05. The summed E-state index contributed by atoms with van der Waals surface area (Å²) >= 11 is 0. The molecule has 3 aliphatic heterocycles. The van der Waals surface area contributed by atoms with Crippen LogP contribution >= 0.6 is 0 Å². The third kappa shape index (κ3) is 6.43. The predicted molar refractivity (Wildman–Crippen MR) is 167 cm³/mol. The number of hydrogen-bond donors (Lipinski definition) is 1. The number of carbonyl (C=O) groups excluding carboxylic acids is 2. The molecule has 1 saturated heterocycles. The molecule has 12 nitrogen and oxygen atoms in total. The number of ether oxygens (including phenoxy) is 4. The SMILES string of the molecule is COC(=O)C1C(C)=NC(C)=C(C(=O)OCCNC2CCN3CCc4c(ccc(OC)c4OC)C3C2)C1c1cccc([N+](=O)[O-])c1. The highest BCUT2D eigenvalue weighted by Crippen LogP contribution is 2.44. The standard InChI is InChI=1S/C33H40N4O8/c1-19-28(32(38)44-5)30(21-7-6-8-23(17-21)37(40)41)29(20(2)35-19)33(39)45-16-13-34-22-11-14-36-15-12-25-24(26(36)18-22)9-10-27(42-3)31(25)43-4/h6-10,17,22,26,28,30,34H,11-16,18H2,1-5H3. The maximum Gasteiger partial charge on any atom is 0.336 e.